The number of rotatable bonds is 7. The van der Waals surface area contributed by atoms with Crippen LogP contribution in [0.2, 0.25) is 0 Å². The molecule has 1 unspecified atom stereocenters. The fourth-order valence-electron chi connectivity index (χ4n) is 4.50. The normalized spacial score (nSPS) is 18.2. The number of hydrogen-bond donors (Lipinski definition) is 1. The highest BCUT2D eigenvalue weighted by atomic mass is 16.5. The summed E-state index contributed by atoms with van der Waals surface area (Å²) in [6.07, 6.45) is 6.22. The van der Waals surface area contributed by atoms with Crippen molar-refractivity contribution in [3.8, 4) is 11.5 Å². The van der Waals surface area contributed by atoms with E-state index in [9.17, 15) is 4.79 Å². The number of methoxy groups -OCH3 is 1. The van der Waals surface area contributed by atoms with Gasteiger partial charge in [-0.3, -0.25) is 4.79 Å². The maximum Gasteiger partial charge on any atom is 0.169 e. The van der Waals surface area contributed by atoms with Crippen LogP contribution in [0.1, 0.15) is 58.6 Å². The maximum atomic E-state index is 11.9. The zero-order valence-electron chi connectivity index (χ0n) is 16.6. The van der Waals surface area contributed by atoms with Gasteiger partial charge < -0.3 is 14.8 Å². The van der Waals surface area contributed by atoms with Crippen LogP contribution in [-0.2, 0) is 12.8 Å². The fourth-order valence-corrected chi connectivity index (χ4v) is 4.50. The Morgan fingerprint density at radius 3 is 3.00 bits per heavy atom. The molecule has 1 heterocycles. The Hall–Kier alpha value is -2.33. The van der Waals surface area contributed by atoms with E-state index in [2.05, 4.69) is 29.6 Å². The molecule has 0 bridgehead atoms. The van der Waals surface area contributed by atoms with E-state index < -0.39 is 0 Å². The summed E-state index contributed by atoms with van der Waals surface area (Å²) < 4.78 is 11.2. The van der Waals surface area contributed by atoms with Crippen LogP contribution in [0.3, 0.4) is 0 Å². The van der Waals surface area contributed by atoms with Crippen molar-refractivity contribution in [2.24, 2.45) is 0 Å². The highest BCUT2D eigenvalue weighted by Crippen LogP contribution is 2.38. The van der Waals surface area contributed by atoms with E-state index in [4.69, 9.17) is 9.47 Å². The van der Waals surface area contributed by atoms with Gasteiger partial charge in [-0.1, -0.05) is 18.2 Å². The summed E-state index contributed by atoms with van der Waals surface area (Å²) >= 11 is 0. The quantitative estimate of drug-likeness (QED) is 0.729. The van der Waals surface area contributed by atoms with Crippen molar-refractivity contribution in [2.45, 2.75) is 44.4 Å². The second kappa shape index (κ2) is 8.78. The first-order valence-corrected chi connectivity index (χ1v) is 10.4. The van der Waals surface area contributed by atoms with Crippen molar-refractivity contribution in [2.75, 3.05) is 26.8 Å². The lowest BCUT2D eigenvalue weighted by Gasteiger charge is -2.27. The third-order valence-electron chi connectivity index (χ3n) is 6.00. The molecule has 1 N–H and O–H groups in total. The van der Waals surface area contributed by atoms with Crippen LogP contribution >= 0.6 is 0 Å². The highest BCUT2D eigenvalue weighted by molar-refractivity contribution is 5.99. The van der Waals surface area contributed by atoms with Crippen molar-refractivity contribution in [1.29, 1.82) is 0 Å². The molecule has 0 amide bonds. The molecule has 0 saturated carbocycles. The number of nitrogens with one attached hydrogen (secondary N) is 1. The first-order valence-electron chi connectivity index (χ1n) is 10.4. The van der Waals surface area contributed by atoms with Crippen LogP contribution in [0.5, 0.6) is 11.5 Å². The van der Waals surface area contributed by atoms with Gasteiger partial charge in [0, 0.05) is 6.42 Å². The Bertz CT molecular complexity index is 846. The molecule has 2 aliphatic rings. The van der Waals surface area contributed by atoms with E-state index in [0.29, 0.717) is 18.9 Å². The average molecular weight is 380 g/mol. The van der Waals surface area contributed by atoms with Crippen molar-refractivity contribution in [3.63, 3.8) is 0 Å². The Morgan fingerprint density at radius 2 is 2.11 bits per heavy atom. The number of Topliss-reactive ketones (excluding diaryl/α,β-unsaturated/α-hetero) is 1. The molecule has 28 heavy (non-hydrogen) atoms. The Labute approximate surface area is 167 Å². The first-order chi connectivity index (χ1) is 13.8. The number of ether oxygens (including phenoxy) is 2. The van der Waals surface area contributed by atoms with Gasteiger partial charge in [-0.2, -0.15) is 0 Å². The molecule has 0 radical (unpaired) electrons. The molecule has 0 fully saturated rings. The second-order valence-corrected chi connectivity index (χ2v) is 7.76. The molecule has 0 spiro atoms. The Kier molecular flexibility index (Phi) is 5.96. The number of carbonyl (C=O) groups is 1. The van der Waals surface area contributed by atoms with Crippen LogP contribution in [0.15, 0.2) is 36.4 Å². The van der Waals surface area contributed by atoms with Crippen molar-refractivity contribution >= 4 is 5.78 Å². The minimum atomic E-state index is 0.190. The summed E-state index contributed by atoms with van der Waals surface area (Å²) in [5.74, 6) is 2.61. The van der Waals surface area contributed by atoms with Crippen molar-refractivity contribution < 1.29 is 14.3 Å². The summed E-state index contributed by atoms with van der Waals surface area (Å²) in [5, 5.41) is 3.59. The fraction of sp³-hybridized carbons (Fsp3) is 0.458. The summed E-state index contributed by atoms with van der Waals surface area (Å²) in [7, 11) is 1.77. The molecule has 4 heteroatoms. The second-order valence-electron chi connectivity index (χ2n) is 7.76. The van der Waals surface area contributed by atoms with Gasteiger partial charge in [0.25, 0.3) is 0 Å². The maximum absolute atomic E-state index is 11.9. The molecule has 1 atom stereocenters. The molecule has 4 rings (SSSR count). The molecule has 1 aliphatic carbocycles. The largest absolute Gasteiger partial charge is 0.496 e. The van der Waals surface area contributed by atoms with E-state index in [-0.39, 0.29) is 5.78 Å². The van der Waals surface area contributed by atoms with E-state index in [1.165, 1.54) is 29.5 Å². The standard InChI is InChI=1S/C24H29NO3/c1-27-23-7-3-5-19-18(4-2-6-20(19)23)11-14-25-13-10-17-8-9-21-22(26)12-15-28-24(21)16-17/h3,5,7-9,16,18,25H,2,4,6,10-15H2,1H3. The van der Waals surface area contributed by atoms with Crippen LogP contribution < -0.4 is 14.8 Å². The molecule has 148 valence electrons. The van der Waals surface area contributed by atoms with E-state index in [1.54, 1.807) is 7.11 Å². The minimum Gasteiger partial charge on any atom is -0.496 e. The zero-order valence-corrected chi connectivity index (χ0v) is 16.6. The molecule has 0 saturated heterocycles. The number of benzene rings is 2. The lowest BCUT2D eigenvalue weighted by atomic mass is 9.80. The van der Waals surface area contributed by atoms with Crippen LogP contribution in [0.4, 0.5) is 0 Å². The molecular formula is C24H29NO3. The van der Waals surface area contributed by atoms with Crippen LogP contribution in [0.25, 0.3) is 0 Å². The monoisotopic (exact) mass is 379 g/mol. The summed E-state index contributed by atoms with van der Waals surface area (Å²) in [6.45, 7) is 2.45. The molecule has 0 aromatic heterocycles. The highest BCUT2D eigenvalue weighted by Gasteiger charge is 2.22. The Morgan fingerprint density at radius 1 is 1.18 bits per heavy atom. The van der Waals surface area contributed by atoms with Gasteiger partial charge in [-0.25, -0.2) is 0 Å². The summed E-state index contributed by atoms with van der Waals surface area (Å²) in [4.78, 5) is 11.9. The smallest absolute Gasteiger partial charge is 0.169 e. The Balaban J connectivity index is 1.27. The first kappa shape index (κ1) is 19.0. The number of carbonyl (C=O) groups excluding carboxylic acids is 1. The van der Waals surface area contributed by atoms with Gasteiger partial charge in [0.15, 0.2) is 5.78 Å². The van der Waals surface area contributed by atoms with E-state index in [1.807, 2.05) is 12.1 Å². The van der Waals surface area contributed by atoms with E-state index >= 15 is 0 Å². The van der Waals surface area contributed by atoms with Gasteiger partial charge in [0.05, 0.1) is 19.3 Å². The third kappa shape index (κ3) is 4.07. The zero-order chi connectivity index (χ0) is 19.3. The van der Waals surface area contributed by atoms with Crippen LogP contribution in [0, 0.1) is 0 Å². The molecule has 1 aliphatic heterocycles. The van der Waals surface area contributed by atoms with Gasteiger partial charge in [-0.15, -0.1) is 0 Å². The summed E-state index contributed by atoms with van der Waals surface area (Å²) in [5.41, 5.74) is 4.83. The van der Waals surface area contributed by atoms with Gasteiger partial charge in [0.1, 0.15) is 11.5 Å². The lowest BCUT2D eigenvalue weighted by Crippen LogP contribution is -2.22. The molecule has 4 nitrogen and oxygen atoms in total. The van der Waals surface area contributed by atoms with Gasteiger partial charge in [-0.05, 0) is 86.0 Å². The van der Waals surface area contributed by atoms with Crippen molar-refractivity contribution in [1.82, 2.24) is 5.32 Å². The SMILES string of the molecule is COc1cccc2c1CCCC2CCNCCc1ccc2c(c1)OCCC2=O. The minimum absolute atomic E-state index is 0.190. The third-order valence-corrected chi connectivity index (χ3v) is 6.00. The number of fused-ring (bicyclic) bond motifs is 2. The van der Waals surface area contributed by atoms with Gasteiger partial charge in [0.2, 0.25) is 0 Å². The lowest BCUT2D eigenvalue weighted by molar-refractivity contribution is 0.0933. The summed E-state index contributed by atoms with van der Waals surface area (Å²) in [6, 6.07) is 12.5. The predicted octanol–water partition coefficient (Wildman–Crippen LogP) is 4.30. The van der Waals surface area contributed by atoms with Gasteiger partial charge >= 0.3 is 0 Å². The molecule has 2 aromatic rings. The predicted molar refractivity (Wildman–Crippen MR) is 111 cm³/mol. The average Bonchev–Trinajstić information content (AvgIpc) is 2.73. The molecular weight excluding hydrogens is 350 g/mol. The van der Waals surface area contributed by atoms with E-state index in [0.717, 1.165) is 49.4 Å². The topological polar surface area (TPSA) is 47.6 Å². The van der Waals surface area contributed by atoms with Crippen LogP contribution in [-0.4, -0.2) is 32.6 Å². The number of hydrogen-bond acceptors (Lipinski definition) is 4. The van der Waals surface area contributed by atoms with Crippen molar-refractivity contribution in [3.05, 3.63) is 58.7 Å². The molecule has 2 aromatic carbocycles. The number of ketones is 1.